The number of aryl methyl sites for hydroxylation is 1. The number of nitrogens with zero attached hydrogens (tertiary/aromatic N) is 2. The fraction of sp³-hybridized carbons (Fsp3) is 0.750. The Kier molecular flexibility index (Phi) is 3.41. The van der Waals surface area contributed by atoms with Gasteiger partial charge < -0.3 is 5.73 Å². The standard InChI is InChI=1S/C12H21N3/c1-15-9-11(12(8-13)14-15)10-6-4-2-3-5-7-10/h9-10H,2-8,13H2,1H3. The maximum Gasteiger partial charge on any atom is 0.0794 e. The zero-order valence-corrected chi connectivity index (χ0v) is 9.58. The van der Waals surface area contributed by atoms with Gasteiger partial charge in [-0.25, -0.2) is 0 Å². The van der Waals surface area contributed by atoms with E-state index in [9.17, 15) is 0 Å². The van der Waals surface area contributed by atoms with E-state index in [1.54, 1.807) is 0 Å². The first kappa shape index (κ1) is 10.7. The highest BCUT2D eigenvalue weighted by Gasteiger charge is 2.19. The molecule has 1 saturated carbocycles. The number of hydrogen-bond donors (Lipinski definition) is 1. The van der Waals surface area contributed by atoms with Crippen LogP contribution in [0, 0.1) is 0 Å². The Morgan fingerprint density at radius 3 is 2.60 bits per heavy atom. The first-order chi connectivity index (χ1) is 7.31. The van der Waals surface area contributed by atoms with Crippen molar-refractivity contribution in [3.05, 3.63) is 17.5 Å². The van der Waals surface area contributed by atoms with Crippen molar-refractivity contribution in [2.75, 3.05) is 0 Å². The van der Waals surface area contributed by atoms with Gasteiger partial charge in [-0.2, -0.15) is 5.10 Å². The molecule has 84 valence electrons. The second-order valence-electron chi connectivity index (χ2n) is 4.60. The van der Waals surface area contributed by atoms with Gasteiger partial charge in [0.05, 0.1) is 5.69 Å². The molecular weight excluding hydrogens is 186 g/mol. The van der Waals surface area contributed by atoms with Gasteiger partial charge in [-0.05, 0) is 24.3 Å². The summed E-state index contributed by atoms with van der Waals surface area (Å²) in [4.78, 5) is 0. The second kappa shape index (κ2) is 4.79. The van der Waals surface area contributed by atoms with E-state index in [0.29, 0.717) is 12.5 Å². The predicted molar refractivity (Wildman–Crippen MR) is 61.5 cm³/mol. The lowest BCUT2D eigenvalue weighted by Gasteiger charge is -2.13. The van der Waals surface area contributed by atoms with Crippen molar-refractivity contribution in [1.29, 1.82) is 0 Å². The van der Waals surface area contributed by atoms with Crippen LogP contribution in [0.25, 0.3) is 0 Å². The summed E-state index contributed by atoms with van der Waals surface area (Å²) in [6, 6.07) is 0. The molecule has 1 heterocycles. The number of hydrogen-bond acceptors (Lipinski definition) is 2. The Balaban J connectivity index is 2.18. The van der Waals surface area contributed by atoms with Crippen molar-refractivity contribution >= 4 is 0 Å². The van der Waals surface area contributed by atoms with Crippen molar-refractivity contribution < 1.29 is 0 Å². The molecule has 0 bridgehead atoms. The molecule has 0 unspecified atom stereocenters. The Morgan fingerprint density at radius 2 is 2.00 bits per heavy atom. The highest BCUT2D eigenvalue weighted by molar-refractivity contribution is 5.22. The van der Waals surface area contributed by atoms with Crippen LogP contribution in [0.1, 0.15) is 55.7 Å². The topological polar surface area (TPSA) is 43.8 Å². The van der Waals surface area contributed by atoms with Crippen LogP contribution < -0.4 is 5.73 Å². The van der Waals surface area contributed by atoms with Crippen LogP contribution in [0.5, 0.6) is 0 Å². The summed E-state index contributed by atoms with van der Waals surface area (Å²) in [7, 11) is 1.99. The molecule has 1 aliphatic carbocycles. The van der Waals surface area contributed by atoms with E-state index in [2.05, 4.69) is 11.3 Å². The summed E-state index contributed by atoms with van der Waals surface area (Å²) in [5, 5.41) is 4.43. The SMILES string of the molecule is Cn1cc(C2CCCCCC2)c(CN)n1. The molecule has 0 amide bonds. The van der Waals surface area contributed by atoms with E-state index < -0.39 is 0 Å². The quantitative estimate of drug-likeness (QED) is 0.756. The first-order valence-corrected chi connectivity index (χ1v) is 6.03. The highest BCUT2D eigenvalue weighted by atomic mass is 15.3. The molecule has 0 aromatic carbocycles. The zero-order valence-electron chi connectivity index (χ0n) is 9.58. The van der Waals surface area contributed by atoms with Crippen molar-refractivity contribution in [2.24, 2.45) is 12.8 Å². The van der Waals surface area contributed by atoms with Crippen LogP contribution in [-0.2, 0) is 13.6 Å². The van der Waals surface area contributed by atoms with Crippen molar-refractivity contribution in [1.82, 2.24) is 9.78 Å². The van der Waals surface area contributed by atoms with E-state index in [1.165, 1.54) is 44.1 Å². The van der Waals surface area contributed by atoms with Gasteiger partial charge in [-0.1, -0.05) is 25.7 Å². The minimum absolute atomic E-state index is 0.576. The largest absolute Gasteiger partial charge is 0.325 e. The lowest BCUT2D eigenvalue weighted by Crippen LogP contribution is -2.05. The Morgan fingerprint density at radius 1 is 1.33 bits per heavy atom. The van der Waals surface area contributed by atoms with Gasteiger partial charge in [0.15, 0.2) is 0 Å². The third kappa shape index (κ3) is 2.40. The van der Waals surface area contributed by atoms with Crippen LogP contribution >= 0.6 is 0 Å². The van der Waals surface area contributed by atoms with Gasteiger partial charge in [0.2, 0.25) is 0 Å². The molecule has 0 saturated heterocycles. The molecule has 1 aromatic rings. The normalized spacial score (nSPS) is 19.1. The molecule has 1 aromatic heterocycles. The van der Waals surface area contributed by atoms with Crippen molar-refractivity contribution in [3.63, 3.8) is 0 Å². The predicted octanol–water partition coefficient (Wildman–Crippen LogP) is 2.32. The van der Waals surface area contributed by atoms with E-state index in [1.807, 2.05) is 11.7 Å². The molecule has 1 fully saturated rings. The van der Waals surface area contributed by atoms with Crippen molar-refractivity contribution in [2.45, 2.75) is 51.0 Å². The Hall–Kier alpha value is -0.830. The minimum atomic E-state index is 0.576. The van der Waals surface area contributed by atoms with Crippen molar-refractivity contribution in [3.8, 4) is 0 Å². The summed E-state index contributed by atoms with van der Waals surface area (Å²) >= 11 is 0. The van der Waals surface area contributed by atoms with Gasteiger partial charge in [-0.15, -0.1) is 0 Å². The fourth-order valence-corrected chi connectivity index (χ4v) is 2.64. The molecule has 2 N–H and O–H groups in total. The lowest BCUT2D eigenvalue weighted by atomic mass is 9.92. The molecule has 15 heavy (non-hydrogen) atoms. The highest BCUT2D eigenvalue weighted by Crippen LogP contribution is 2.32. The third-order valence-electron chi connectivity index (χ3n) is 3.43. The average Bonchev–Trinajstić information content (AvgIpc) is 2.47. The summed E-state index contributed by atoms with van der Waals surface area (Å²) in [6.45, 7) is 0.576. The van der Waals surface area contributed by atoms with Gasteiger partial charge in [0, 0.05) is 19.8 Å². The van der Waals surface area contributed by atoms with Crippen LogP contribution in [0.15, 0.2) is 6.20 Å². The molecular formula is C12H21N3. The Labute approximate surface area is 91.7 Å². The van der Waals surface area contributed by atoms with Crippen LogP contribution in [0.2, 0.25) is 0 Å². The van der Waals surface area contributed by atoms with Gasteiger partial charge in [-0.3, -0.25) is 4.68 Å². The zero-order chi connectivity index (χ0) is 10.7. The van der Waals surface area contributed by atoms with Crippen LogP contribution in [0.3, 0.4) is 0 Å². The molecule has 3 heteroatoms. The number of rotatable bonds is 2. The summed E-state index contributed by atoms with van der Waals surface area (Å²) in [5.74, 6) is 0.708. The number of nitrogens with two attached hydrogens (primary N) is 1. The molecule has 0 atom stereocenters. The third-order valence-corrected chi connectivity index (χ3v) is 3.43. The molecule has 3 nitrogen and oxygen atoms in total. The average molecular weight is 207 g/mol. The summed E-state index contributed by atoms with van der Waals surface area (Å²) in [6.07, 6.45) is 10.3. The summed E-state index contributed by atoms with van der Waals surface area (Å²) < 4.78 is 1.91. The van der Waals surface area contributed by atoms with Gasteiger partial charge in [0.25, 0.3) is 0 Å². The second-order valence-corrected chi connectivity index (χ2v) is 4.60. The van der Waals surface area contributed by atoms with Gasteiger partial charge in [0.1, 0.15) is 0 Å². The van der Waals surface area contributed by atoms with E-state index in [-0.39, 0.29) is 0 Å². The smallest absolute Gasteiger partial charge is 0.0794 e. The monoisotopic (exact) mass is 207 g/mol. The molecule has 0 aliphatic heterocycles. The van der Waals surface area contributed by atoms with Gasteiger partial charge >= 0.3 is 0 Å². The Bertz CT molecular complexity index is 309. The first-order valence-electron chi connectivity index (χ1n) is 6.03. The molecule has 0 spiro atoms. The summed E-state index contributed by atoms with van der Waals surface area (Å²) in [5.41, 5.74) is 8.24. The van der Waals surface area contributed by atoms with E-state index in [0.717, 1.165) is 5.69 Å². The van der Waals surface area contributed by atoms with Crippen LogP contribution in [-0.4, -0.2) is 9.78 Å². The number of aromatic nitrogens is 2. The maximum absolute atomic E-state index is 5.73. The van der Waals surface area contributed by atoms with Crippen LogP contribution in [0.4, 0.5) is 0 Å². The fourth-order valence-electron chi connectivity index (χ4n) is 2.64. The molecule has 0 radical (unpaired) electrons. The van der Waals surface area contributed by atoms with E-state index in [4.69, 9.17) is 5.73 Å². The van der Waals surface area contributed by atoms with E-state index >= 15 is 0 Å². The minimum Gasteiger partial charge on any atom is -0.325 e. The maximum atomic E-state index is 5.73. The molecule has 2 rings (SSSR count). The molecule has 1 aliphatic rings. The lowest BCUT2D eigenvalue weighted by molar-refractivity contribution is 0.587.